The van der Waals surface area contributed by atoms with Gasteiger partial charge in [-0.3, -0.25) is 4.68 Å². The molecule has 31 heavy (non-hydrogen) atoms. The summed E-state index contributed by atoms with van der Waals surface area (Å²) in [6, 6.07) is 7.91. The Morgan fingerprint density at radius 2 is 1.94 bits per heavy atom. The van der Waals surface area contributed by atoms with Gasteiger partial charge < -0.3 is 9.15 Å². The van der Waals surface area contributed by atoms with Crippen molar-refractivity contribution in [3.8, 4) is 5.75 Å². The van der Waals surface area contributed by atoms with Crippen LogP contribution in [0.3, 0.4) is 0 Å². The van der Waals surface area contributed by atoms with E-state index >= 15 is 0 Å². The minimum atomic E-state index is -5.03. The first-order chi connectivity index (χ1) is 14.6. The Hall–Kier alpha value is -2.79. The number of hydrogen-bond acceptors (Lipinski definition) is 5. The zero-order valence-corrected chi connectivity index (χ0v) is 17.4. The van der Waals surface area contributed by atoms with Crippen molar-refractivity contribution in [3.63, 3.8) is 0 Å². The van der Waals surface area contributed by atoms with Crippen LogP contribution in [0.1, 0.15) is 29.1 Å². The molecule has 0 amide bonds. The smallest absolute Gasteiger partial charge is 0.468 e. The Morgan fingerprint density at radius 1 is 1.16 bits per heavy atom. The fraction of sp³-hybridized carbons (Fsp3) is 0.350. The highest BCUT2D eigenvalue weighted by Gasteiger charge is 2.36. The molecule has 1 aromatic carbocycles. The number of para-hydroxylation sites is 1. The Morgan fingerprint density at radius 3 is 2.65 bits per heavy atom. The maximum atomic E-state index is 13.5. The standard InChI is InChI=1S/C20H20F3N3O4S/c1-25-17-8-4-7-15(17)16(24-25)13-26(12-14-6-5-11-29-14)31(27,28)19-10-3-2-9-18(19)30-20(21,22)23/h2-3,5-6,9-11H,4,7-8,12-13H2,1H3. The third-order valence-corrected chi connectivity index (χ3v) is 6.96. The van der Waals surface area contributed by atoms with Crippen molar-refractivity contribution in [2.24, 2.45) is 7.05 Å². The van der Waals surface area contributed by atoms with E-state index in [2.05, 4.69) is 9.84 Å². The van der Waals surface area contributed by atoms with Gasteiger partial charge in [-0.15, -0.1) is 13.2 Å². The number of hydrogen-bond donors (Lipinski definition) is 0. The van der Waals surface area contributed by atoms with Crippen molar-refractivity contribution in [1.29, 1.82) is 0 Å². The normalized spacial score (nSPS) is 14.2. The SMILES string of the molecule is Cn1nc(CN(Cc2ccco2)S(=O)(=O)c2ccccc2OC(F)(F)F)c2c1CCC2. The molecule has 3 aromatic rings. The van der Waals surface area contributed by atoms with E-state index in [0.717, 1.165) is 47.0 Å². The molecule has 0 atom stereocenters. The lowest BCUT2D eigenvalue weighted by Crippen LogP contribution is -2.31. The van der Waals surface area contributed by atoms with Crippen LogP contribution < -0.4 is 4.74 Å². The van der Waals surface area contributed by atoms with E-state index in [-0.39, 0.29) is 13.1 Å². The quantitative estimate of drug-likeness (QED) is 0.542. The second-order valence-electron chi connectivity index (χ2n) is 7.20. The highest BCUT2D eigenvalue weighted by Crippen LogP contribution is 2.33. The Kier molecular flexibility index (Phi) is 5.56. The van der Waals surface area contributed by atoms with E-state index in [1.165, 1.54) is 18.4 Å². The van der Waals surface area contributed by atoms with Crippen molar-refractivity contribution < 1.29 is 30.7 Å². The molecule has 0 unspecified atom stereocenters. The molecule has 7 nitrogen and oxygen atoms in total. The maximum Gasteiger partial charge on any atom is 0.573 e. The van der Waals surface area contributed by atoms with Gasteiger partial charge in [0.15, 0.2) is 0 Å². The van der Waals surface area contributed by atoms with Gasteiger partial charge in [0.25, 0.3) is 0 Å². The molecule has 0 spiro atoms. The summed E-state index contributed by atoms with van der Waals surface area (Å²) >= 11 is 0. The highest BCUT2D eigenvalue weighted by atomic mass is 32.2. The summed E-state index contributed by atoms with van der Waals surface area (Å²) in [6.45, 7) is -0.270. The first-order valence-corrected chi connectivity index (χ1v) is 11.0. The summed E-state index contributed by atoms with van der Waals surface area (Å²) in [6.07, 6.45) is -1.05. The maximum absolute atomic E-state index is 13.5. The molecule has 0 saturated heterocycles. The van der Waals surface area contributed by atoms with Gasteiger partial charge in [-0.2, -0.15) is 9.40 Å². The molecule has 2 heterocycles. The number of aryl methyl sites for hydroxylation is 1. The number of rotatable bonds is 7. The van der Waals surface area contributed by atoms with Crippen LogP contribution in [0.4, 0.5) is 13.2 Å². The summed E-state index contributed by atoms with van der Waals surface area (Å²) in [5.74, 6) is -0.434. The zero-order chi connectivity index (χ0) is 22.2. The topological polar surface area (TPSA) is 77.6 Å². The van der Waals surface area contributed by atoms with Crippen LogP contribution in [-0.4, -0.2) is 28.9 Å². The molecule has 0 radical (unpaired) electrons. The largest absolute Gasteiger partial charge is 0.573 e. The highest BCUT2D eigenvalue weighted by molar-refractivity contribution is 7.89. The Balaban J connectivity index is 1.74. The number of furan rings is 1. The van der Waals surface area contributed by atoms with Crippen molar-refractivity contribution in [3.05, 3.63) is 65.4 Å². The molecule has 0 aliphatic heterocycles. The summed E-state index contributed by atoms with van der Waals surface area (Å²) < 4.78 is 77.6. The lowest BCUT2D eigenvalue weighted by molar-refractivity contribution is -0.275. The van der Waals surface area contributed by atoms with Crippen molar-refractivity contribution in [2.45, 2.75) is 43.6 Å². The minimum Gasteiger partial charge on any atom is -0.468 e. The van der Waals surface area contributed by atoms with Gasteiger partial charge in [-0.05, 0) is 49.1 Å². The first kappa shape index (κ1) is 21.4. The Labute approximate surface area is 177 Å². The number of alkyl halides is 3. The molecule has 2 aromatic heterocycles. The average Bonchev–Trinajstić information content (AvgIpc) is 3.41. The number of benzene rings is 1. The van der Waals surface area contributed by atoms with Crippen molar-refractivity contribution in [2.75, 3.05) is 0 Å². The minimum absolute atomic E-state index is 0.105. The van der Waals surface area contributed by atoms with Crippen LogP contribution in [0.2, 0.25) is 0 Å². The number of fused-ring (bicyclic) bond motifs is 1. The second-order valence-corrected chi connectivity index (χ2v) is 9.10. The lowest BCUT2D eigenvalue weighted by atomic mass is 10.2. The van der Waals surface area contributed by atoms with Crippen LogP contribution in [0.25, 0.3) is 0 Å². The molecular formula is C20H20F3N3O4S. The van der Waals surface area contributed by atoms with Gasteiger partial charge in [-0.1, -0.05) is 12.1 Å². The van der Waals surface area contributed by atoms with Gasteiger partial charge in [0.05, 0.1) is 25.0 Å². The summed E-state index contributed by atoms with van der Waals surface area (Å²) in [5, 5.41) is 4.46. The predicted molar refractivity (Wildman–Crippen MR) is 103 cm³/mol. The van der Waals surface area contributed by atoms with Gasteiger partial charge in [0.2, 0.25) is 10.0 Å². The van der Waals surface area contributed by atoms with E-state index < -0.39 is 27.0 Å². The molecule has 1 aliphatic carbocycles. The van der Waals surface area contributed by atoms with Crippen LogP contribution >= 0.6 is 0 Å². The van der Waals surface area contributed by atoms with E-state index in [4.69, 9.17) is 4.42 Å². The van der Waals surface area contributed by atoms with Gasteiger partial charge in [0.1, 0.15) is 16.4 Å². The van der Waals surface area contributed by atoms with Crippen molar-refractivity contribution in [1.82, 2.24) is 14.1 Å². The summed E-state index contributed by atoms with van der Waals surface area (Å²) in [7, 11) is -2.59. The number of nitrogens with zero attached hydrogens (tertiary/aromatic N) is 3. The molecule has 0 fully saturated rings. The third-order valence-electron chi connectivity index (χ3n) is 5.13. The van der Waals surface area contributed by atoms with Crippen LogP contribution in [0.5, 0.6) is 5.75 Å². The zero-order valence-electron chi connectivity index (χ0n) is 16.6. The third kappa shape index (κ3) is 4.47. The van der Waals surface area contributed by atoms with E-state index in [0.29, 0.717) is 11.5 Å². The van der Waals surface area contributed by atoms with E-state index in [1.54, 1.807) is 23.9 Å². The van der Waals surface area contributed by atoms with Crippen LogP contribution in [-0.2, 0) is 43.0 Å². The molecule has 4 rings (SSSR count). The molecule has 1 aliphatic rings. The average molecular weight is 455 g/mol. The first-order valence-electron chi connectivity index (χ1n) is 9.56. The number of ether oxygens (including phenoxy) is 1. The van der Waals surface area contributed by atoms with Crippen LogP contribution in [0.15, 0.2) is 52.0 Å². The Bertz CT molecular complexity index is 1170. The summed E-state index contributed by atoms with van der Waals surface area (Å²) in [4.78, 5) is -0.577. The fourth-order valence-electron chi connectivity index (χ4n) is 3.81. The van der Waals surface area contributed by atoms with Gasteiger partial charge in [0, 0.05) is 12.7 Å². The predicted octanol–water partition coefficient (Wildman–Crippen LogP) is 3.79. The van der Waals surface area contributed by atoms with E-state index in [9.17, 15) is 21.6 Å². The molecule has 166 valence electrons. The van der Waals surface area contributed by atoms with Crippen LogP contribution in [0, 0.1) is 0 Å². The molecule has 11 heteroatoms. The number of halogens is 3. The van der Waals surface area contributed by atoms with E-state index in [1.807, 2.05) is 0 Å². The fourth-order valence-corrected chi connectivity index (χ4v) is 5.29. The van der Waals surface area contributed by atoms with Crippen molar-refractivity contribution >= 4 is 10.0 Å². The molecule has 0 bridgehead atoms. The summed E-state index contributed by atoms with van der Waals surface area (Å²) in [5.41, 5.74) is 2.62. The molecular weight excluding hydrogens is 435 g/mol. The van der Waals surface area contributed by atoms with Gasteiger partial charge >= 0.3 is 6.36 Å². The molecule has 0 N–H and O–H groups in total. The lowest BCUT2D eigenvalue weighted by Gasteiger charge is -2.22. The second kappa shape index (κ2) is 8.04. The molecule has 0 saturated carbocycles. The van der Waals surface area contributed by atoms with Gasteiger partial charge in [-0.25, -0.2) is 8.42 Å². The number of sulfonamides is 1. The number of aromatic nitrogens is 2. The monoisotopic (exact) mass is 455 g/mol.